The second kappa shape index (κ2) is 7.79. The molecule has 0 aliphatic heterocycles. The van der Waals surface area contributed by atoms with Crippen molar-refractivity contribution < 1.29 is 8.42 Å². The van der Waals surface area contributed by atoms with E-state index in [1.165, 1.54) is 42.4 Å². The van der Waals surface area contributed by atoms with Crippen molar-refractivity contribution in [2.75, 3.05) is 0 Å². The number of rotatable bonds is 5. The van der Waals surface area contributed by atoms with Crippen molar-refractivity contribution in [2.45, 2.75) is 76.7 Å². The van der Waals surface area contributed by atoms with E-state index >= 15 is 0 Å². The summed E-state index contributed by atoms with van der Waals surface area (Å²) in [5, 5.41) is 0. The Hall–Kier alpha value is -1.61. The topological polar surface area (TPSA) is 34.1 Å². The second-order valence-corrected chi connectivity index (χ2v) is 11.7. The summed E-state index contributed by atoms with van der Waals surface area (Å²) < 4.78 is 24.1. The van der Waals surface area contributed by atoms with Crippen molar-refractivity contribution in [1.29, 1.82) is 0 Å². The Morgan fingerprint density at radius 1 is 0.889 bits per heavy atom. The summed E-state index contributed by atoms with van der Waals surface area (Å²) in [5.41, 5.74) is 8.16. The van der Waals surface area contributed by atoms with Gasteiger partial charge in [-0.05, 0) is 94.0 Å². The predicted octanol–water partition coefficient (Wildman–Crippen LogP) is 5.37. The number of benzene rings is 2. The quantitative estimate of drug-likeness (QED) is 0.694. The first-order valence-electron chi connectivity index (χ1n) is 10.1. The van der Waals surface area contributed by atoms with Crippen LogP contribution in [0.3, 0.4) is 0 Å². The van der Waals surface area contributed by atoms with E-state index < -0.39 is 14.6 Å². The molecule has 2 aromatic rings. The number of sulfone groups is 1. The van der Waals surface area contributed by atoms with Gasteiger partial charge in [0.1, 0.15) is 0 Å². The zero-order valence-electron chi connectivity index (χ0n) is 17.1. The lowest BCUT2D eigenvalue weighted by Gasteiger charge is -2.21. The fraction of sp³-hybridized carbons (Fsp3) is 0.500. The number of aryl methyl sites for hydroxylation is 4. The Balaban J connectivity index is 1.69. The SMILES string of the molecule is Cc1cc2c(c(CCc3ccc(CS(=O)(=O)C(C)(C)C)cc3)c1)CCCC2. The zero-order valence-corrected chi connectivity index (χ0v) is 18.0. The van der Waals surface area contributed by atoms with Gasteiger partial charge in [0.2, 0.25) is 0 Å². The van der Waals surface area contributed by atoms with Gasteiger partial charge in [-0.3, -0.25) is 0 Å². The molecule has 0 aromatic heterocycles. The van der Waals surface area contributed by atoms with E-state index in [1.54, 1.807) is 31.9 Å². The van der Waals surface area contributed by atoms with Gasteiger partial charge in [-0.15, -0.1) is 0 Å². The van der Waals surface area contributed by atoms with Gasteiger partial charge in [0.25, 0.3) is 0 Å². The minimum atomic E-state index is -3.13. The summed E-state index contributed by atoms with van der Waals surface area (Å²) in [6.07, 6.45) is 7.12. The van der Waals surface area contributed by atoms with Gasteiger partial charge < -0.3 is 0 Å². The summed E-state index contributed by atoms with van der Waals surface area (Å²) >= 11 is 0. The third-order valence-corrected chi connectivity index (χ3v) is 8.28. The fourth-order valence-electron chi connectivity index (χ4n) is 3.87. The molecule has 0 spiro atoms. The van der Waals surface area contributed by atoms with Gasteiger partial charge in [-0.2, -0.15) is 0 Å². The molecular weight excluding hydrogens is 352 g/mol. The average Bonchev–Trinajstić information content (AvgIpc) is 2.59. The third kappa shape index (κ3) is 4.82. The molecule has 2 aromatic carbocycles. The molecule has 0 amide bonds. The first-order valence-corrected chi connectivity index (χ1v) is 11.7. The molecule has 3 heteroatoms. The Morgan fingerprint density at radius 3 is 2.19 bits per heavy atom. The lowest BCUT2D eigenvalue weighted by atomic mass is 9.85. The molecule has 0 N–H and O–H groups in total. The smallest absolute Gasteiger partial charge is 0.159 e. The van der Waals surface area contributed by atoms with E-state index in [-0.39, 0.29) is 5.75 Å². The molecule has 0 saturated carbocycles. The monoisotopic (exact) mass is 384 g/mol. The summed E-state index contributed by atoms with van der Waals surface area (Å²) in [7, 11) is -3.13. The van der Waals surface area contributed by atoms with E-state index in [0.717, 1.165) is 18.4 Å². The minimum absolute atomic E-state index is 0.113. The molecule has 1 aliphatic rings. The van der Waals surface area contributed by atoms with E-state index in [2.05, 4.69) is 31.2 Å². The highest BCUT2D eigenvalue weighted by Crippen LogP contribution is 2.27. The molecule has 1 aliphatic carbocycles. The second-order valence-electron chi connectivity index (χ2n) is 8.96. The van der Waals surface area contributed by atoms with Gasteiger partial charge >= 0.3 is 0 Å². The Kier molecular flexibility index (Phi) is 5.81. The molecule has 146 valence electrons. The number of hydrogen-bond donors (Lipinski definition) is 0. The highest BCUT2D eigenvalue weighted by Gasteiger charge is 2.28. The lowest BCUT2D eigenvalue weighted by Crippen LogP contribution is -2.29. The molecule has 0 atom stereocenters. The normalized spacial score (nSPS) is 14.8. The Labute approximate surface area is 164 Å². The highest BCUT2D eigenvalue weighted by molar-refractivity contribution is 7.91. The minimum Gasteiger partial charge on any atom is -0.228 e. The van der Waals surface area contributed by atoms with Gasteiger partial charge in [0, 0.05) is 0 Å². The van der Waals surface area contributed by atoms with Crippen LogP contribution < -0.4 is 0 Å². The molecule has 2 nitrogen and oxygen atoms in total. The Morgan fingerprint density at radius 2 is 1.52 bits per heavy atom. The first kappa shape index (κ1) is 20.1. The summed E-state index contributed by atoms with van der Waals surface area (Å²) in [5.74, 6) is 0.113. The van der Waals surface area contributed by atoms with Gasteiger partial charge in [0.15, 0.2) is 9.84 Å². The lowest BCUT2D eigenvalue weighted by molar-refractivity contribution is 0.559. The van der Waals surface area contributed by atoms with Gasteiger partial charge in [-0.25, -0.2) is 8.42 Å². The van der Waals surface area contributed by atoms with Crippen LogP contribution in [-0.4, -0.2) is 13.2 Å². The van der Waals surface area contributed by atoms with E-state index in [9.17, 15) is 8.42 Å². The van der Waals surface area contributed by atoms with E-state index in [4.69, 9.17) is 0 Å². The van der Waals surface area contributed by atoms with Crippen molar-refractivity contribution in [3.05, 3.63) is 69.8 Å². The largest absolute Gasteiger partial charge is 0.228 e. The molecule has 0 radical (unpaired) electrons. The highest BCUT2D eigenvalue weighted by atomic mass is 32.2. The summed E-state index contributed by atoms with van der Waals surface area (Å²) in [6.45, 7) is 7.49. The third-order valence-electron chi connectivity index (χ3n) is 5.70. The maximum atomic E-state index is 12.4. The Bertz CT molecular complexity index is 901. The standard InChI is InChI=1S/C24H32O2S/c1-18-15-21-7-5-6-8-23(21)22(16-18)14-13-19-9-11-20(12-10-19)17-27(25,26)24(2,3)4/h9-12,15-16H,5-8,13-14,17H2,1-4H3. The van der Waals surface area contributed by atoms with Crippen molar-refractivity contribution in [1.82, 2.24) is 0 Å². The van der Waals surface area contributed by atoms with E-state index in [0.29, 0.717) is 0 Å². The van der Waals surface area contributed by atoms with Gasteiger partial charge in [-0.1, -0.05) is 42.0 Å². The molecule has 0 fully saturated rings. The molecule has 0 unspecified atom stereocenters. The predicted molar refractivity (Wildman–Crippen MR) is 114 cm³/mol. The van der Waals surface area contributed by atoms with E-state index in [1.807, 2.05) is 12.1 Å². The molecule has 3 rings (SSSR count). The molecule has 0 heterocycles. The van der Waals surface area contributed by atoms with Crippen LogP contribution in [-0.2, 0) is 41.3 Å². The van der Waals surface area contributed by atoms with Crippen molar-refractivity contribution in [3.63, 3.8) is 0 Å². The molecule has 27 heavy (non-hydrogen) atoms. The van der Waals surface area contributed by atoms with Gasteiger partial charge in [0.05, 0.1) is 10.5 Å². The summed E-state index contributed by atoms with van der Waals surface area (Å²) in [4.78, 5) is 0. The fourth-order valence-corrected chi connectivity index (χ4v) is 4.94. The number of hydrogen-bond acceptors (Lipinski definition) is 2. The van der Waals surface area contributed by atoms with Crippen LogP contribution >= 0.6 is 0 Å². The van der Waals surface area contributed by atoms with Crippen LogP contribution in [0.1, 0.15) is 67.0 Å². The molecule has 0 saturated heterocycles. The first-order chi connectivity index (χ1) is 12.7. The maximum absolute atomic E-state index is 12.4. The van der Waals surface area contributed by atoms with Crippen LogP contribution in [0.4, 0.5) is 0 Å². The van der Waals surface area contributed by atoms with Crippen LogP contribution in [0, 0.1) is 6.92 Å². The molecular formula is C24H32O2S. The van der Waals surface area contributed by atoms with Crippen LogP contribution in [0.2, 0.25) is 0 Å². The molecule has 0 bridgehead atoms. The maximum Gasteiger partial charge on any atom is 0.159 e. The summed E-state index contributed by atoms with van der Waals surface area (Å²) in [6, 6.07) is 12.9. The van der Waals surface area contributed by atoms with Crippen molar-refractivity contribution >= 4 is 9.84 Å². The zero-order chi connectivity index (χ0) is 19.7. The van der Waals surface area contributed by atoms with Crippen LogP contribution in [0.5, 0.6) is 0 Å². The van der Waals surface area contributed by atoms with Crippen molar-refractivity contribution in [2.24, 2.45) is 0 Å². The average molecular weight is 385 g/mol. The van der Waals surface area contributed by atoms with Crippen molar-refractivity contribution in [3.8, 4) is 0 Å². The van der Waals surface area contributed by atoms with Crippen LogP contribution in [0.25, 0.3) is 0 Å². The van der Waals surface area contributed by atoms with Crippen LogP contribution in [0.15, 0.2) is 36.4 Å². The number of fused-ring (bicyclic) bond motifs is 1.